The second kappa shape index (κ2) is 5.97. The first-order chi connectivity index (χ1) is 7.91. The molecule has 17 heavy (non-hydrogen) atoms. The van der Waals surface area contributed by atoms with Crippen LogP contribution in [0.1, 0.15) is 40.5 Å². The van der Waals surface area contributed by atoms with Gasteiger partial charge in [0.25, 0.3) is 0 Å². The molecule has 0 saturated heterocycles. The maximum Gasteiger partial charge on any atom is 0.168 e. The van der Waals surface area contributed by atoms with Gasteiger partial charge in [-0.3, -0.25) is 4.79 Å². The van der Waals surface area contributed by atoms with Crippen LogP contribution in [0.2, 0.25) is 0 Å². The van der Waals surface area contributed by atoms with Gasteiger partial charge < -0.3 is 5.11 Å². The Morgan fingerprint density at radius 2 is 2.06 bits per heavy atom. The SMILES string of the molecule is CC(C)=CCC/C(C)=C\[C@H]1C(=O)C(C)=C[C@@H]1O. The molecule has 0 aliphatic heterocycles. The van der Waals surface area contributed by atoms with Crippen LogP contribution in [0, 0.1) is 5.92 Å². The fraction of sp³-hybridized carbons (Fsp3) is 0.533. The predicted molar refractivity (Wildman–Crippen MR) is 70.7 cm³/mol. The zero-order valence-electron chi connectivity index (χ0n) is 11.2. The van der Waals surface area contributed by atoms with Gasteiger partial charge in [-0.05, 0) is 52.2 Å². The molecule has 2 heteroatoms. The van der Waals surface area contributed by atoms with Crippen molar-refractivity contribution in [1.82, 2.24) is 0 Å². The van der Waals surface area contributed by atoms with E-state index >= 15 is 0 Å². The van der Waals surface area contributed by atoms with Crippen LogP contribution in [-0.2, 0) is 4.79 Å². The largest absolute Gasteiger partial charge is 0.388 e. The molecule has 0 saturated carbocycles. The third kappa shape index (κ3) is 3.97. The van der Waals surface area contributed by atoms with Crippen LogP contribution in [-0.4, -0.2) is 17.0 Å². The lowest BCUT2D eigenvalue weighted by molar-refractivity contribution is -0.118. The summed E-state index contributed by atoms with van der Waals surface area (Å²) >= 11 is 0. The molecule has 0 aromatic rings. The highest BCUT2D eigenvalue weighted by atomic mass is 16.3. The van der Waals surface area contributed by atoms with Crippen molar-refractivity contribution in [3.63, 3.8) is 0 Å². The number of carbonyl (C=O) groups excluding carboxylic acids is 1. The molecule has 1 aliphatic carbocycles. The van der Waals surface area contributed by atoms with E-state index in [-0.39, 0.29) is 11.7 Å². The van der Waals surface area contributed by atoms with E-state index in [9.17, 15) is 9.90 Å². The molecule has 0 radical (unpaired) electrons. The number of aliphatic hydroxyl groups is 1. The normalized spacial score (nSPS) is 24.9. The third-order valence-corrected chi connectivity index (χ3v) is 3.04. The lowest BCUT2D eigenvalue weighted by Gasteiger charge is -2.10. The molecule has 0 spiro atoms. The highest BCUT2D eigenvalue weighted by molar-refractivity contribution is 6.01. The Morgan fingerprint density at radius 3 is 2.53 bits per heavy atom. The van der Waals surface area contributed by atoms with Gasteiger partial charge in [0.15, 0.2) is 5.78 Å². The summed E-state index contributed by atoms with van der Waals surface area (Å²) in [6.45, 7) is 7.94. The van der Waals surface area contributed by atoms with Crippen molar-refractivity contribution in [2.45, 2.75) is 46.6 Å². The molecule has 0 amide bonds. The zero-order valence-corrected chi connectivity index (χ0v) is 11.2. The molecule has 1 N–H and O–H groups in total. The average molecular weight is 234 g/mol. The molecule has 0 fully saturated rings. The van der Waals surface area contributed by atoms with Crippen molar-refractivity contribution in [2.24, 2.45) is 5.92 Å². The minimum absolute atomic E-state index is 0.0547. The molecule has 0 unspecified atom stereocenters. The van der Waals surface area contributed by atoms with Crippen molar-refractivity contribution < 1.29 is 9.90 Å². The number of ketones is 1. The van der Waals surface area contributed by atoms with E-state index in [4.69, 9.17) is 0 Å². The van der Waals surface area contributed by atoms with Gasteiger partial charge in [0.2, 0.25) is 0 Å². The number of hydrogen-bond donors (Lipinski definition) is 1. The number of aliphatic hydroxyl groups excluding tert-OH is 1. The second-order valence-corrected chi connectivity index (χ2v) is 5.06. The summed E-state index contributed by atoms with van der Waals surface area (Å²) in [6, 6.07) is 0. The van der Waals surface area contributed by atoms with Crippen LogP contribution in [0.5, 0.6) is 0 Å². The zero-order chi connectivity index (χ0) is 13.0. The highest BCUT2D eigenvalue weighted by Gasteiger charge is 2.30. The molecular weight excluding hydrogens is 212 g/mol. The minimum atomic E-state index is -0.638. The summed E-state index contributed by atoms with van der Waals surface area (Å²) in [7, 11) is 0. The molecule has 0 aromatic carbocycles. The maximum atomic E-state index is 11.7. The summed E-state index contributed by atoms with van der Waals surface area (Å²) in [4.78, 5) is 11.7. The van der Waals surface area contributed by atoms with Gasteiger partial charge >= 0.3 is 0 Å². The fourth-order valence-electron chi connectivity index (χ4n) is 2.01. The smallest absolute Gasteiger partial charge is 0.168 e. The van der Waals surface area contributed by atoms with Gasteiger partial charge in [0.05, 0.1) is 12.0 Å². The first kappa shape index (κ1) is 13.9. The number of allylic oxidation sites excluding steroid dienone is 4. The third-order valence-electron chi connectivity index (χ3n) is 3.04. The maximum absolute atomic E-state index is 11.7. The quantitative estimate of drug-likeness (QED) is 0.758. The van der Waals surface area contributed by atoms with Gasteiger partial charge in [-0.2, -0.15) is 0 Å². The van der Waals surface area contributed by atoms with Gasteiger partial charge in [0, 0.05) is 0 Å². The van der Waals surface area contributed by atoms with E-state index < -0.39 is 6.10 Å². The van der Waals surface area contributed by atoms with E-state index in [1.54, 1.807) is 13.0 Å². The topological polar surface area (TPSA) is 37.3 Å². The van der Waals surface area contributed by atoms with Crippen LogP contribution >= 0.6 is 0 Å². The molecule has 2 atom stereocenters. The van der Waals surface area contributed by atoms with Crippen LogP contribution < -0.4 is 0 Å². The minimum Gasteiger partial charge on any atom is -0.388 e. The van der Waals surface area contributed by atoms with Crippen LogP contribution in [0.25, 0.3) is 0 Å². The Hall–Kier alpha value is -1.15. The lowest BCUT2D eigenvalue weighted by Crippen LogP contribution is -2.18. The van der Waals surface area contributed by atoms with Crippen molar-refractivity contribution in [3.8, 4) is 0 Å². The monoisotopic (exact) mass is 234 g/mol. The van der Waals surface area contributed by atoms with E-state index in [2.05, 4.69) is 19.9 Å². The van der Waals surface area contributed by atoms with Gasteiger partial charge in [-0.15, -0.1) is 0 Å². The van der Waals surface area contributed by atoms with Crippen molar-refractivity contribution in [3.05, 3.63) is 34.9 Å². The number of carbonyl (C=O) groups is 1. The number of hydrogen-bond acceptors (Lipinski definition) is 2. The van der Waals surface area contributed by atoms with Crippen molar-refractivity contribution in [1.29, 1.82) is 0 Å². The highest BCUT2D eigenvalue weighted by Crippen LogP contribution is 2.24. The molecule has 94 valence electrons. The molecule has 1 rings (SSSR count). The Kier molecular flexibility index (Phi) is 4.88. The number of Topliss-reactive ketones (excluding diaryl/α,β-unsaturated/α-hetero) is 1. The Labute approximate surface area is 104 Å². The Morgan fingerprint density at radius 1 is 1.41 bits per heavy atom. The lowest BCUT2D eigenvalue weighted by atomic mass is 9.97. The predicted octanol–water partition coefficient (Wildman–Crippen LogP) is 3.19. The van der Waals surface area contributed by atoms with Crippen LogP contribution in [0.15, 0.2) is 34.9 Å². The molecule has 0 bridgehead atoms. The summed E-state index contributed by atoms with van der Waals surface area (Å²) in [5.41, 5.74) is 3.16. The van der Waals surface area contributed by atoms with E-state index in [0.717, 1.165) is 12.8 Å². The Bertz CT molecular complexity index is 382. The molecule has 2 nitrogen and oxygen atoms in total. The second-order valence-electron chi connectivity index (χ2n) is 5.06. The summed E-state index contributed by atoms with van der Waals surface area (Å²) < 4.78 is 0. The standard InChI is InChI=1S/C15H22O2/c1-10(2)6-5-7-11(3)8-13-14(16)9-12(4)15(13)17/h6,8-9,13-14,16H,5,7H2,1-4H3/b11-8-/t13-,14+/m1/s1. The fourth-order valence-corrected chi connectivity index (χ4v) is 2.01. The van der Waals surface area contributed by atoms with E-state index in [0.29, 0.717) is 5.57 Å². The van der Waals surface area contributed by atoms with Gasteiger partial charge in [-0.1, -0.05) is 23.3 Å². The first-order valence-corrected chi connectivity index (χ1v) is 6.13. The Balaban J connectivity index is 2.58. The van der Waals surface area contributed by atoms with E-state index in [1.165, 1.54) is 11.1 Å². The van der Waals surface area contributed by atoms with Crippen LogP contribution in [0.3, 0.4) is 0 Å². The molecule has 0 heterocycles. The van der Waals surface area contributed by atoms with Crippen molar-refractivity contribution >= 4 is 5.78 Å². The van der Waals surface area contributed by atoms with Crippen LogP contribution in [0.4, 0.5) is 0 Å². The summed E-state index contributed by atoms with van der Waals surface area (Å²) in [5, 5.41) is 9.74. The summed E-state index contributed by atoms with van der Waals surface area (Å²) in [5.74, 6) is -0.305. The van der Waals surface area contributed by atoms with E-state index in [1.807, 2.05) is 13.0 Å². The average Bonchev–Trinajstić information content (AvgIpc) is 2.44. The van der Waals surface area contributed by atoms with Gasteiger partial charge in [0.1, 0.15) is 0 Å². The van der Waals surface area contributed by atoms with Crippen molar-refractivity contribution in [2.75, 3.05) is 0 Å². The summed E-state index contributed by atoms with van der Waals surface area (Å²) in [6.07, 6.45) is 7.05. The van der Waals surface area contributed by atoms with Gasteiger partial charge in [-0.25, -0.2) is 0 Å². The molecular formula is C15H22O2. The molecule has 0 aromatic heterocycles. The molecule has 1 aliphatic rings. The number of rotatable bonds is 4. The first-order valence-electron chi connectivity index (χ1n) is 6.13.